The number of ether oxygens (including phenoxy) is 6. The highest BCUT2D eigenvalue weighted by atomic mass is 16.9. The molecule has 6 rings (SSSR count). The van der Waals surface area contributed by atoms with Crippen molar-refractivity contribution in [3.8, 4) is 0 Å². The fourth-order valence-electron chi connectivity index (χ4n) is 13.0. The fraction of sp³-hybridized carbons (Fsp3) is 0.972. The van der Waals surface area contributed by atoms with E-state index in [-0.39, 0.29) is 57.9 Å². The van der Waals surface area contributed by atoms with Crippen LogP contribution < -0.4 is 0 Å². The van der Waals surface area contributed by atoms with Crippen LogP contribution in [0.3, 0.4) is 0 Å². The molecule has 0 aromatic carbocycles. The van der Waals surface area contributed by atoms with Gasteiger partial charge in [0.05, 0.1) is 30.0 Å². The monoisotopic (exact) mass is 636 g/mol. The van der Waals surface area contributed by atoms with E-state index >= 15 is 0 Å². The normalized spacial score (nSPS) is 49.4. The Bertz CT molecular complexity index is 1140. The minimum Gasteiger partial charge on any atom is -0.457 e. The van der Waals surface area contributed by atoms with Gasteiger partial charge >= 0.3 is 5.97 Å². The minimum atomic E-state index is -1.26. The molecule has 2 unspecified atom stereocenters. The number of hydrogen-bond donors (Lipinski definition) is 2. The molecular formula is C36H60O9. The van der Waals surface area contributed by atoms with Gasteiger partial charge in [0.1, 0.15) is 0 Å². The Hall–Kier alpha value is -0.810. The number of aliphatic hydroxyl groups is 2. The molecule has 5 aliphatic carbocycles. The van der Waals surface area contributed by atoms with Crippen molar-refractivity contribution in [2.24, 2.45) is 50.7 Å². The first-order valence-corrected chi connectivity index (χ1v) is 17.5. The standard InChI is InChI=1S/C36H60O9/c1-20-17-22(29(32(5,6)39)43-21(2)37)44-27-26(20)33(7)15-16-36-18-35(36)14-13-25(45-30(41-10)42-19-40-9)31(3,4)23(35)11-12-24(36)34(33,8)28(27)38/h20,22-30,38-39H,11-19H2,1-10H3/t20-,22-,23+,24+,25?,26+,27+,28+,29+,30+,33-,34-,35-,36?/m1/s1. The maximum absolute atomic E-state index is 12.5. The number of carbonyl (C=O) groups is 1. The molecule has 6 fully saturated rings. The molecule has 1 aliphatic heterocycles. The topological polar surface area (TPSA) is 113 Å². The summed E-state index contributed by atoms with van der Waals surface area (Å²) in [4.78, 5) is 12.0. The summed E-state index contributed by atoms with van der Waals surface area (Å²) in [5.74, 6) is 0.982. The molecule has 1 saturated heterocycles. The van der Waals surface area contributed by atoms with Crippen LogP contribution in [0.1, 0.15) is 107 Å². The Balaban J connectivity index is 1.27. The van der Waals surface area contributed by atoms with Crippen molar-refractivity contribution in [2.75, 3.05) is 21.0 Å². The van der Waals surface area contributed by atoms with Crippen LogP contribution in [0.5, 0.6) is 0 Å². The molecule has 9 heteroatoms. The lowest BCUT2D eigenvalue weighted by atomic mass is 9.41. The van der Waals surface area contributed by atoms with E-state index < -0.39 is 36.4 Å². The lowest BCUT2D eigenvalue weighted by Gasteiger charge is -2.63. The highest BCUT2D eigenvalue weighted by Crippen LogP contribution is 2.89. The third kappa shape index (κ3) is 4.68. The van der Waals surface area contributed by atoms with Gasteiger partial charge in [-0.2, -0.15) is 0 Å². The first kappa shape index (κ1) is 34.1. The van der Waals surface area contributed by atoms with Gasteiger partial charge in [-0.1, -0.05) is 34.6 Å². The molecule has 2 spiro atoms. The highest BCUT2D eigenvalue weighted by molar-refractivity contribution is 5.66. The molecule has 258 valence electrons. The summed E-state index contributed by atoms with van der Waals surface area (Å²) in [5, 5.41) is 23.5. The fourth-order valence-corrected chi connectivity index (χ4v) is 13.0. The molecule has 2 N–H and O–H groups in total. The number of aliphatic hydroxyl groups excluding tert-OH is 1. The number of carbonyl (C=O) groups excluding carboxylic acids is 1. The second-order valence-electron chi connectivity index (χ2n) is 17.5. The largest absolute Gasteiger partial charge is 0.457 e. The zero-order valence-electron chi connectivity index (χ0n) is 29.4. The van der Waals surface area contributed by atoms with Crippen molar-refractivity contribution >= 4 is 5.97 Å². The predicted octanol–water partition coefficient (Wildman–Crippen LogP) is 5.44. The van der Waals surface area contributed by atoms with Gasteiger partial charge < -0.3 is 38.6 Å². The number of rotatable bonds is 9. The van der Waals surface area contributed by atoms with Crippen LogP contribution in [0.2, 0.25) is 0 Å². The summed E-state index contributed by atoms with van der Waals surface area (Å²) in [6.45, 7) is 16.0. The second-order valence-corrected chi connectivity index (χ2v) is 17.5. The Morgan fingerprint density at radius 3 is 2.31 bits per heavy atom. The molecule has 5 saturated carbocycles. The van der Waals surface area contributed by atoms with Crippen molar-refractivity contribution in [2.45, 2.75) is 149 Å². The van der Waals surface area contributed by atoms with Crippen molar-refractivity contribution in [3.05, 3.63) is 0 Å². The quantitative estimate of drug-likeness (QED) is 0.252. The second kappa shape index (κ2) is 11.1. The molecule has 6 aliphatic rings. The number of methoxy groups -OCH3 is 2. The average molecular weight is 637 g/mol. The van der Waals surface area contributed by atoms with Crippen LogP contribution >= 0.6 is 0 Å². The molecule has 14 atom stereocenters. The van der Waals surface area contributed by atoms with Crippen LogP contribution in [0, 0.1) is 50.7 Å². The van der Waals surface area contributed by atoms with E-state index in [9.17, 15) is 15.0 Å². The Kier molecular flexibility index (Phi) is 8.41. The number of fused-ring (bicyclic) bond motifs is 4. The highest BCUT2D eigenvalue weighted by Gasteiger charge is 2.84. The number of esters is 1. The van der Waals surface area contributed by atoms with Crippen molar-refractivity contribution in [1.29, 1.82) is 0 Å². The van der Waals surface area contributed by atoms with Crippen LogP contribution in [-0.2, 0) is 33.2 Å². The summed E-state index contributed by atoms with van der Waals surface area (Å²) in [5.41, 5.74) is -1.17. The van der Waals surface area contributed by atoms with E-state index in [2.05, 4.69) is 34.6 Å². The van der Waals surface area contributed by atoms with Crippen LogP contribution in [0.4, 0.5) is 0 Å². The summed E-state index contributed by atoms with van der Waals surface area (Å²) < 4.78 is 35.2. The van der Waals surface area contributed by atoms with Gasteiger partial charge in [0.15, 0.2) is 12.9 Å². The summed E-state index contributed by atoms with van der Waals surface area (Å²) in [7, 11) is 3.20. The lowest BCUT2D eigenvalue weighted by Crippen LogP contribution is -2.60. The molecule has 0 amide bonds. The third-order valence-corrected chi connectivity index (χ3v) is 14.9. The zero-order chi connectivity index (χ0) is 33.0. The first-order chi connectivity index (χ1) is 20.9. The maximum Gasteiger partial charge on any atom is 0.303 e. The van der Waals surface area contributed by atoms with Gasteiger partial charge in [0.2, 0.25) is 0 Å². The third-order valence-electron chi connectivity index (χ3n) is 14.9. The van der Waals surface area contributed by atoms with E-state index in [1.54, 1.807) is 28.1 Å². The van der Waals surface area contributed by atoms with E-state index in [1.165, 1.54) is 19.8 Å². The smallest absolute Gasteiger partial charge is 0.303 e. The Morgan fingerprint density at radius 1 is 1.02 bits per heavy atom. The Morgan fingerprint density at radius 2 is 1.69 bits per heavy atom. The summed E-state index contributed by atoms with van der Waals surface area (Å²) in [6.07, 6.45) is 6.31. The van der Waals surface area contributed by atoms with E-state index in [4.69, 9.17) is 28.4 Å². The number of hydrogen-bond acceptors (Lipinski definition) is 9. The molecule has 0 radical (unpaired) electrons. The zero-order valence-corrected chi connectivity index (χ0v) is 29.4. The van der Waals surface area contributed by atoms with Crippen LogP contribution in [0.15, 0.2) is 0 Å². The average Bonchev–Trinajstić information content (AvgIpc) is 3.59. The van der Waals surface area contributed by atoms with E-state index in [0.717, 1.165) is 32.1 Å². The van der Waals surface area contributed by atoms with Gasteiger partial charge in [0.25, 0.3) is 6.48 Å². The van der Waals surface area contributed by atoms with Crippen molar-refractivity contribution in [3.63, 3.8) is 0 Å². The van der Waals surface area contributed by atoms with Gasteiger partial charge in [-0.3, -0.25) is 4.79 Å². The minimum absolute atomic E-state index is 0.0284. The van der Waals surface area contributed by atoms with Gasteiger partial charge in [-0.15, -0.1) is 0 Å². The lowest BCUT2D eigenvalue weighted by molar-refractivity contribution is -0.335. The molecule has 0 bridgehead atoms. The van der Waals surface area contributed by atoms with Gasteiger partial charge in [0, 0.05) is 26.6 Å². The summed E-state index contributed by atoms with van der Waals surface area (Å²) in [6, 6.07) is 0. The molecular weight excluding hydrogens is 576 g/mol. The first-order valence-electron chi connectivity index (χ1n) is 17.5. The molecule has 45 heavy (non-hydrogen) atoms. The SMILES string of the molecule is COCO[C@H](OC)OC1CC[C@]23CC24CC[C@]2(C)[C@@H]5[C@H](O[C@@H]([C@H](OC(C)=O)C(C)(C)O)C[C@H]5C)[C@H](O)[C@@]2(C)[C@@H]4CC[C@H]3C1(C)C. The van der Waals surface area contributed by atoms with E-state index in [1.807, 2.05) is 0 Å². The summed E-state index contributed by atoms with van der Waals surface area (Å²) >= 11 is 0. The van der Waals surface area contributed by atoms with Gasteiger partial charge in [-0.25, -0.2) is 0 Å². The molecule has 1 heterocycles. The van der Waals surface area contributed by atoms with Gasteiger partial charge in [-0.05, 0) is 111 Å². The Labute approximate surface area is 270 Å². The maximum atomic E-state index is 12.5. The predicted molar refractivity (Wildman–Crippen MR) is 167 cm³/mol. The van der Waals surface area contributed by atoms with Crippen molar-refractivity contribution in [1.82, 2.24) is 0 Å². The molecule has 9 nitrogen and oxygen atoms in total. The van der Waals surface area contributed by atoms with Crippen LogP contribution in [-0.4, -0.2) is 79.8 Å². The van der Waals surface area contributed by atoms with E-state index in [0.29, 0.717) is 18.3 Å². The molecule has 0 aromatic heterocycles. The van der Waals surface area contributed by atoms with Crippen molar-refractivity contribution < 1.29 is 43.4 Å². The van der Waals surface area contributed by atoms with Crippen LogP contribution in [0.25, 0.3) is 0 Å². The molecule has 0 aromatic rings.